The summed E-state index contributed by atoms with van der Waals surface area (Å²) in [7, 11) is 0. The lowest BCUT2D eigenvalue weighted by Gasteiger charge is -2.16. The van der Waals surface area contributed by atoms with Gasteiger partial charge in [-0.05, 0) is 95.7 Å². The normalized spacial score (nSPS) is 11.3. The third-order valence-electron chi connectivity index (χ3n) is 8.45. The first-order valence-corrected chi connectivity index (χ1v) is 14.2. The zero-order chi connectivity index (χ0) is 28.0. The number of nitrogens with zero attached hydrogens (tertiary/aromatic N) is 1. The Labute approximate surface area is 245 Å². The number of benzene rings is 7. The molecule has 1 nitrogen and oxygen atoms in total. The van der Waals surface area contributed by atoms with Crippen LogP contribution >= 0.6 is 0 Å². The highest BCUT2D eigenvalue weighted by atomic mass is 14.3. The maximum absolute atomic E-state index is 9.45. The molecule has 0 spiro atoms. The maximum Gasteiger partial charge on any atom is 0.0991 e. The molecule has 1 aliphatic rings. The molecule has 0 radical (unpaired) electrons. The summed E-state index contributed by atoms with van der Waals surface area (Å²) in [5.41, 5.74) is 15.3. The Morgan fingerprint density at radius 2 is 0.881 bits per heavy atom. The van der Waals surface area contributed by atoms with E-state index in [1.807, 2.05) is 18.2 Å². The molecule has 0 fully saturated rings. The van der Waals surface area contributed by atoms with Crippen LogP contribution in [0.25, 0.3) is 77.5 Å². The third kappa shape index (κ3) is 3.85. The predicted octanol–water partition coefficient (Wildman–Crippen LogP) is 11.0. The van der Waals surface area contributed by atoms with Crippen LogP contribution in [-0.4, -0.2) is 0 Å². The summed E-state index contributed by atoms with van der Waals surface area (Å²) >= 11 is 0. The second-order valence-corrected chi connectivity index (χ2v) is 10.8. The number of fused-ring (bicyclic) bond motifs is 3. The van der Waals surface area contributed by atoms with Crippen molar-refractivity contribution < 1.29 is 0 Å². The van der Waals surface area contributed by atoms with Crippen LogP contribution in [0, 0.1) is 11.3 Å². The molecule has 194 valence electrons. The molecule has 1 aliphatic carbocycles. The Bertz CT molecular complexity index is 2180. The van der Waals surface area contributed by atoms with Gasteiger partial charge < -0.3 is 0 Å². The van der Waals surface area contributed by atoms with E-state index in [1.54, 1.807) is 0 Å². The fraction of sp³-hybridized carbons (Fsp3) is 0. The molecule has 42 heavy (non-hydrogen) atoms. The van der Waals surface area contributed by atoms with Gasteiger partial charge in [-0.1, -0.05) is 133 Å². The standard InChI is InChI=1S/C41H25N/c42-26-27-8-4-13-32(24-27)33-14-5-15-34(25-33)36-23-22-35(30-20-18-29(19-21-30)28-9-2-1-3-10-28)40-37-16-6-11-31-12-7-17-38(39(31)37)41(36)40/h1-25H. The van der Waals surface area contributed by atoms with Crippen LogP contribution in [0.5, 0.6) is 0 Å². The van der Waals surface area contributed by atoms with Gasteiger partial charge in [0.1, 0.15) is 0 Å². The summed E-state index contributed by atoms with van der Waals surface area (Å²) in [5.74, 6) is 0. The van der Waals surface area contributed by atoms with E-state index < -0.39 is 0 Å². The summed E-state index contributed by atoms with van der Waals surface area (Å²) in [4.78, 5) is 0. The molecule has 0 bridgehead atoms. The molecule has 0 saturated heterocycles. The number of nitriles is 1. The Morgan fingerprint density at radius 1 is 0.357 bits per heavy atom. The molecule has 0 amide bonds. The summed E-state index contributed by atoms with van der Waals surface area (Å²) in [5, 5.41) is 12.0. The van der Waals surface area contributed by atoms with Crippen molar-refractivity contribution in [2.45, 2.75) is 0 Å². The fourth-order valence-electron chi connectivity index (χ4n) is 6.51. The van der Waals surface area contributed by atoms with Crippen LogP contribution < -0.4 is 0 Å². The number of rotatable bonds is 4. The van der Waals surface area contributed by atoms with Gasteiger partial charge in [0, 0.05) is 0 Å². The molecule has 0 unspecified atom stereocenters. The van der Waals surface area contributed by atoms with Gasteiger partial charge in [-0.25, -0.2) is 0 Å². The van der Waals surface area contributed by atoms with Crippen LogP contribution in [0.15, 0.2) is 152 Å². The van der Waals surface area contributed by atoms with Crippen LogP contribution in [0.1, 0.15) is 5.56 Å². The van der Waals surface area contributed by atoms with Crippen molar-refractivity contribution in [2.24, 2.45) is 0 Å². The first-order chi connectivity index (χ1) is 20.8. The minimum Gasteiger partial charge on any atom is -0.192 e. The van der Waals surface area contributed by atoms with Crippen molar-refractivity contribution in [3.8, 4) is 72.8 Å². The number of hydrogen-bond donors (Lipinski definition) is 0. The van der Waals surface area contributed by atoms with Gasteiger partial charge in [-0.2, -0.15) is 5.26 Å². The van der Waals surface area contributed by atoms with Gasteiger partial charge in [0.15, 0.2) is 0 Å². The Kier molecular flexibility index (Phi) is 5.59. The summed E-state index contributed by atoms with van der Waals surface area (Å²) in [6.45, 7) is 0. The molecule has 7 aromatic carbocycles. The van der Waals surface area contributed by atoms with E-state index >= 15 is 0 Å². The lowest BCUT2D eigenvalue weighted by atomic mass is 9.87. The largest absolute Gasteiger partial charge is 0.192 e. The fourth-order valence-corrected chi connectivity index (χ4v) is 6.51. The minimum absolute atomic E-state index is 0.670. The summed E-state index contributed by atoms with van der Waals surface area (Å²) < 4.78 is 0. The topological polar surface area (TPSA) is 23.8 Å². The van der Waals surface area contributed by atoms with E-state index in [-0.39, 0.29) is 0 Å². The van der Waals surface area contributed by atoms with E-state index in [0.29, 0.717) is 5.56 Å². The lowest BCUT2D eigenvalue weighted by molar-refractivity contribution is 1.48. The van der Waals surface area contributed by atoms with Crippen molar-refractivity contribution in [3.63, 3.8) is 0 Å². The molecule has 0 N–H and O–H groups in total. The highest BCUT2D eigenvalue weighted by molar-refractivity contribution is 6.21. The highest BCUT2D eigenvalue weighted by Gasteiger charge is 2.27. The quantitative estimate of drug-likeness (QED) is 0.222. The number of hydrogen-bond acceptors (Lipinski definition) is 1. The van der Waals surface area contributed by atoms with Crippen molar-refractivity contribution >= 4 is 10.8 Å². The predicted molar refractivity (Wildman–Crippen MR) is 175 cm³/mol. The summed E-state index contributed by atoms with van der Waals surface area (Å²) in [6.07, 6.45) is 0. The van der Waals surface area contributed by atoms with Gasteiger partial charge in [0.2, 0.25) is 0 Å². The van der Waals surface area contributed by atoms with Gasteiger partial charge in [0.25, 0.3) is 0 Å². The molecular weight excluding hydrogens is 506 g/mol. The monoisotopic (exact) mass is 531 g/mol. The van der Waals surface area contributed by atoms with E-state index in [2.05, 4.69) is 140 Å². The molecule has 0 aromatic heterocycles. The van der Waals surface area contributed by atoms with E-state index in [4.69, 9.17) is 0 Å². The molecule has 7 aromatic rings. The Hall–Kier alpha value is -5.71. The molecule has 8 rings (SSSR count). The van der Waals surface area contributed by atoms with Crippen molar-refractivity contribution in [3.05, 3.63) is 157 Å². The average Bonchev–Trinajstić information content (AvgIpc) is 3.41. The first kappa shape index (κ1) is 24.1. The third-order valence-corrected chi connectivity index (χ3v) is 8.45. The van der Waals surface area contributed by atoms with Crippen molar-refractivity contribution in [1.29, 1.82) is 5.26 Å². The Balaban J connectivity index is 1.33. The van der Waals surface area contributed by atoms with Crippen LogP contribution in [0.3, 0.4) is 0 Å². The van der Waals surface area contributed by atoms with Gasteiger partial charge in [-0.3, -0.25) is 0 Å². The summed E-state index contributed by atoms with van der Waals surface area (Å²) in [6, 6.07) is 56.2. The first-order valence-electron chi connectivity index (χ1n) is 14.2. The van der Waals surface area contributed by atoms with Crippen LogP contribution in [0.2, 0.25) is 0 Å². The zero-order valence-corrected chi connectivity index (χ0v) is 22.9. The van der Waals surface area contributed by atoms with Crippen LogP contribution in [-0.2, 0) is 0 Å². The van der Waals surface area contributed by atoms with Crippen molar-refractivity contribution in [2.75, 3.05) is 0 Å². The average molecular weight is 532 g/mol. The van der Waals surface area contributed by atoms with Gasteiger partial charge in [0.05, 0.1) is 11.6 Å². The van der Waals surface area contributed by atoms with E-state index in [9.17, 15) is 5.26 Å². The highest BCUT2D eigenvalue weighted by Crippen LogP contribution is 2.54. The smallest absolute Gasteiger partial charge is 0.0991 e. The Morgan fingerprint density at radius 3 is 1.57 bits per heavy atom. The van der Waals surface area contributed by atoms with Gasteiger partial charge >= 0.3 is 0 Å². The van der Waals surface area contributed by atoms with Crippen molar-refractivity contribution in [1.82, 2.24) is 0 Å². The molecule has 0 saturated carbocycles. The van der Waals surface area contributed by atoms with E-state index in [1.165, 1.54) is 66.4 Å². The molecule has 0 atom stereocenters. The van der Waals surface area contributed by atoms with E-state index in [0.717, 1.165) is 11.1 Å². The molecule has 0 aliphatic heterocycles. The van der Waals surface area contributed by atoms with Gasteiger partial charge in [-0.15, -0.1) is 0 Å². The second kappa shape index (κ2) is 9.73. The lowest BCUT2D eigenvalue weighted by Crippen LogP contribution is -1.90. The molecule has 0 heterocycles. The molecule has 1 heteroatoms. The zero-order valence-electron chi connectivity index (χ0n) is 22.9. The molecular formula is C41H25N. The minimum atomic E-state index is 0.670. The SMILES string of the molecule is N#Cc1cccc(-c2cccc(-c3ccc(-c4ccc(-c5ccccc5)cc4)c4c3-c3cccc5cccc-4c35)c2)c1. The van der Waals surface area contributed by atoms with Crippen LogP contribution in [0.4, 0.5) is 0 Å². The second-order valence-electron chi connectivity index (χ2n) is 10.8. The maximum atomic E-state index is 9.45.